The molecular formula is C10H4F5NO4-2. The number of halogens is 5. The van der Waals surface area contributed by atoms with E-state index in [1.807, 2.05) is 0 Å². The summed E-state index contributed by atoms with van der Waals surface area (Å²) in [6.45, 7) is 0.624. The highest BCUT2D eigenvalue weighted by molar-refractivity contribution is 5.96. The normalized spacial score (nSPS) is 11.8. The van der Waals surface area contributed by atoms with E-state index < -0.39 is 52.6 Å². The van der Waals surface area contributed by atoms with Crippen LogP contribution < -0.4 is 10.2 Å². The summed E-state index contributed by atoms with van der Waals surface area (Å²) in [4.78, 5) is 23.8. The fourth-order valence-electron chi connectivity index (χ4n) is 1.60. The fraction of sp³-hybridized carbons (Fsp3) is 0.300. The van der Waals surface area contributed by atoms with Crippen molar-refractivity contribution in [2.75, 3.05) is 0 Å². The molecule has 1 rings (SSSR count). The molecule has 1 aromatic heterocycles. The molecule has 0 amide bonds. The minimum atomic E-state index is -5.37. The first-order valence-corrected chi connectivity index (χ1v) is 4.81. The van der Waals surface area contributed by atoms with E-state index in [2.05, 4.69) is 4.98 Å². The maximum absolute atomic E-state index is 12.6. The molecule has 0 spiro atoms. The van der Waals surface area contributed by atoms with Gasteiger partial charge in [0.15, 0.2) is 5.69 Å². The molecule has 0 N–H and O–H groups in total. The number of nitrogens with zero attached hydrogens (tertiary/aromatic N) is 1. The number of carbonyl (C=O) groups is 2. The highest BCUT2D eigenvalue weighted by Crippen LogP contribution is 2.35. The minimum Gasteiger partial charge on any atom is -0.545 e. The van der Waals surface area contributed by atoms with Gasteiger partial charge in [0, 0.05) is 11.1 Å². The Kier molecular flexibility index (Phi) is 3.97. The highest BCUT2D eigenvalue weighted by Gasteiger charge is 2.39. The topological polar surface area (TPSA) is 93.2 Å². The van der Waals surface area contributed by atoms with Gasteiger partial charge in [-0.3, -0.25) is 0 Å². The zero-order valence-electron chi connectivity index (χ0n) is 9.55. The first kappa shape index (κ1) is 15.8. The molecule has 1 heterocycles. The average Bonchev–Trinajstić information content (AvgIpc) is 2.24. The number of hydrogen-bond acceptors (Lipinski definition) is 5. The van der Waals surface area contributed by atoms with Crippen molar-refractivity contribution in [3.8, 4) is 0 Å². The number of aromatic nitrogens is 1. The highest BCUT2D eigenvalue weighted by atomic mass is 19.4. The molecule has 0 aliphatic rings. The molecule has 0 aromatic carbocycles. The SMILES string of the molecule is Cc1c(C(=O)[O-])c(C(F)F)nc(C(F)(F)F)c1C(=O)[O-]. The summed E-state index contributed by atoms with van der Waals surface area (Å²) in [6.07, 6.45) is -9.02. The molecule has 1 aromatic rings. The summed E-state index contributed by atoms with van der Waals surface area (Å²) >= 11 is 0. The quantitative estimate of drug-likeness (QED) is 0.736. The first-order valence-electron chi connectivity index (χ1n) is 4.81. The van der Waals surface area contributed by atoms with E-state index in [0.717, 1.165) is 0 Å². The molecule has 0 aliphatic carbocycles. The number of hydrogen-bond donors (Lipinski definition) is 0. The van der Waals surface area contributed by atoms with Crippen LogP contribution in [0.1, 0.15) is 44.1 Å². The van der Waals surface area contributed by atoms with Crippen LogP contribution in [0, 0.1) is 6.92 Å². The summed E-state index contributed by atoms with van der Waals surface area (Å²) in [5.41, 5.74) is -7.91. The Labute approximate surface area is 107 Å². The van der Waals surface area contributed by atoms with Gasteiger partial charge in [0.1, 0.15) is 5.69 Å². The van der Waals surface area contributed by atoms with Crippen molar-refractivity contribution in [1.29, 1.82) is 0 Å². The number of carboxylic acids is 2. The number of carboxylic acid groups (broad SMARTS) is 2. The van der Waals surface area contributed by atoms with Crippen molar-refractivity contribution in [3.05, 3.63) is 28.1 Å². The van der Waals surface area contributed by atoms with Crippen molar-refractivity contribution in [2.45, 2.75) is 19.5 Å². The molecule has 10 heteroatoms. The Hall–Kier alpha value is -2.26. The zero-order chi connectivity index (χ0) is 15.8. The lowest BCUT2D eigenvalue weighted by atomic mass is 9.99. The molecule has 0 atom stereocenters. The van der Waals surface area contributed by atoms with Gasteiger partial charge in [-0.2, -0.15) is 13.2 Å². The van der Waals surface area contributed by atoms with E-state index in [-0.39, 0.29) is 0 Å². The lowest BCUT2D eigenvalue weighted by molar-refractivity contribution is -0.256. The second kappa shape index (κ2) is 5.02. The number of pyridine rings is 1. The summed E-state index contributed by atoms with van der Waals surface area (Å²) in [6, 6.07) is 0. The Bertz CT molecular complexity index is 582. The van der Waals surface area contributed by atoms with Crippen molar-refractivity contribution in [1.82, 2.24) is 4.98 Å². The van der Waals surface area contributed by atoms with Crippen LogP contribution in [0.3, 0.4) is 0 Å². The fourth-order valence-corrected chi connectivity index (χ4v) is 1.60. The molecule has 0 aliphatic heterocycles. The van der Waals surface area contributed by atoms with Crippen LogP contribution in [0.25, 0.3) is 0 Å². The van der Waals surface area contributed by atoms with Gasteiger partial charge in [-0.05, 0) is 12.5 Å². The van der Waals surface area contributed by atoms with Gasteiger partial charge in [0.2, 0.25) is 0 Å². The number of aromatic carboxylic acids is 2. The third-order valence-corrected chi connectivity index (χ3v) is 2.36. The largest absolute Gasteiger partial charge is 0.545 e. The van der Waals surface area contributed by atoms with Crippen LogP contribution in [-0.2, 0) is 6.18 Å². The molecule has 0 unspecified atom stereocenters. The van der Waals surface area contributed by atoms with Crippen molar-refractivity contribution >= 4 is 11.9 Å². The van der Waals surface area contributed by atoms with Crippen LogP contribution >= 0.6 is 0 Å². The third kappa shape index (κ3) is 2.68. The molecule has 110 valence electrons. The van der Waals surface area contributed by atoms with E-state index in [1.165, 1.54) is 0 Å². The van der Waals surface area contributed by atoms with Crippen molar-refractivity contribution in [3.63, 3.8) is 0 Å². The van der Waals surface area contributed by atoms with Gasteiger partial charge in [-0.1, -0.05) is 0 Å². The maximum Gasteiger partial charge on any atom is 0.434 e. The van der Waals surface area contributed by atoms with E-state index in [9.17, 15) is 41.8 Å². The van der Waals surface area contributed by atoms with E-state index >= 15 is 0 Å². The summed E-state index contributed by atoms with van der Waals surface area (Å²) < 4.78 is 63.0. The second-order valence-corrected chi connectivity index (χ2v) is 3.59. The summed E-state index contributed by atoms with van der Waals surface area (Å²) in [7, 11) is 0. The van der Waals surface area contributed by atoms with Gasteiger partial charge in [-0.15, -0.1) is 0 Å². The minimum absolute atomic E-state index is 0.624. The van der Waals surface area contributed by atoms with Crippen molar-refractivity contribution < 1.29 is 41.8 Å². The lowest BCUT2D eigenvalue weighted by Crippen LogP contribution is -2.33. The Balaban J connectivity index is 3.90. The van der Waals surface area contributed by atoms with Crippen molar-refractivity contribution in [2.24, 2.45) is 0 Å². The Morgan fingerprint density at radius 2 is 1.55 bits per heavy atom. The predicted molar refractivity (Wildman–Crippen MR) is 47.6 cm³/mol. The summed E-state index contributed by atoms with van der Waals surface area (Å²) in [5.74, 6) is -4.65. The van der Waals surface area contributed by atoms with Gasteiger partial charge in [-0.25, -0.2) is 13.8 Å². The maximum atomic E-state index is 12.6. The van der Waals surface area contributed by atoms with Crippen LogP contribution in [0.2, 0.25) is 0 Å². The second-order valence-electron chi connectivity index (χ2n) is 3.59. The lowest BCUT2D eigenvalue weighted by Gasteiger charge is -2.21. The van der Waals surface area contributed by atoms with Gasteiger partial charge in [0.05, 0.1) is 11.9 Å². The summed E-state index contributed by atoms with van der Waals surface area (Å²) in [5, 5.41) is 21.4. The van der Waals surface area contributed by atoms with Gasteiger partial charge < -0.3 is 19.8 Å². The Morgan fingerprint density at radius 3 is 1.85 bits per heavy atom. The first-order chi connectivity index (χ1) is 8.98. The molecule has 0 radical (unpaired) electrons. The van der Waals surface area contributed by atoms with Crippen LogP contribution in [0.4, 0.5) is 22.0 Å². The molecular weight excluding hydrogens is 293 g/mol. The average molecular weight is 297 g/mol. The predicted octanol–water partition coefficient (Wildman–Crippen LogP) is 0.0734. The molecule has 20 heavy (non-hydrogen) atoms. The van der Waals surface area contributed by atoms with Gasteiger partial charge in [0.25, 0.3) is 6.43 Å². The number of alkyl halides is 5. The monoisotopic (exact) mass is 297 g/mol. The number of carbonyl (C=O) groups excluding carboxylic acids is 2. The van der Waals surface area contributed by atoms with Gasteiger partial charge >= 0.3 is 6.18 Å². The smallest absolute Gasteiger partial charge is 0.434 e. The Morgan fingerprint density at radius 1 is 1.10 bits per heavy atom. The van der Waals surface area contributed by atoms with E-state index in [0.29, 0.717) is 6.92 Å². The molecule has 0 fully saturated rings. The van der Waals surface area contributed by atoms with E-state index in [1.54, 1.807) is 0 Å². The standard InChI is InChI=1S/C10H6F5NO4/c1-2-3(8(17)18)5(7(11)12)16-6(10(13,14)15)4(2)9(19)20/h7H,1H3,(H,17,18)(H,19,20)/p-2. The number of rotatable bonds is 3. The molecule has 0 saturated heterocycles. The van der Waals surface area contributed by atoms with E-state index in [4.69, 9.17) is 0 Å². The third-order valence-electron chi connectivity index (χ3n) is 2.36. The molecule has 0 saturated carbocycles. The zero-order valence-corrected chi connectivity index (χ0v) is 9.55. The van der Waals surface area contributed by atoms with Crippen LogP contribution in [0.15, 0.2) is 0 Å². The molecule has 0 bridgehead atoms. The molecule has 5 nitrogen and oxygen atoms in total. The van der Waals surface area contributed by atoms with Crippen LogP contribution in [-0.4, -0.2) is 16.9 Å². The van der Waals surface area contributed by atoms with Crippen LogP contribution in [0.5, 0.6) is 0 Å².